The molecule has 4 aromatic rings. The van der Waals surface area contributed by atoms with Gasteiger partial charge in [-0.05, 0) is 118 Å². The lowest BCUT2D eigenvalue weighted by Gasteiger charge is -2.30. The van der Waals surface area contributed by atoms with Gasteiger partial charge >= 0.3 is 11.9 Å². The second kappa shape index (κ2) is 16.5. The molecule has 1 atom stereocenters. The number of thiophene rings is 1. The summed E-state index contributed by atoms with van der Waals surface area (Å²) in [5.74, 6) is -2.02. The van der Waals surface area contributed by atoms with Crippen LogP contribution in [0.3, 0.4) is 0 Å². The molecule has 272 valence electrons. The van der Waals surface area contributed by atoms with E-state index in [1.165, 1.54) is 11.3 Å². The van der Waals surface area contributed by atoms with Gasteiger partial charge in [0.25, 0.3) is 11.8 Å². The fourth-order valence-corrected chi connectivity index (χ4v) is 9.47. The number of esters is 1. The number of carboxylic acids is 1. The van der Waals surface area contributed by atoms with Gasteiger partial charge in [-0.3, -0.25) is 9.59 Å². The Balaban J connectivity index is 1.15. The molecule has 0 bridgehead atoms. The molecule has 1 heterocycles. The number of hydrogen-bond donors (Lipinski definition) is 3. The van der Waals surface area contributed by atoms with E-state index in [2.05, 4.69) is 10.6 Å². The fraction of sp³-hybridized carbons (Fsp3) is 0.350. The normalized spacial score (nSPS) is 15.0. The summed E-state index contributed by atoms with van der Waals surface area (Å²) >= 11 is -0.269. The number of fused-ring (bicyclic) bond motifs is 1. The number of anilines is 2. The number of rotatable bonds is 15. The van der Waals surface area contributed by atoms with Gasteiger partial charge in [-0.2, -0.15) is 0 Å². The molecule has 3 N–H and O–H groups in total. The summed E-state index contributed by atoms with van der Waals surface area (Å²) in [6.45, 7) is 4.41. The van der Waals surface area contributed by atoms with Crippen molar-refractivity contribution in [1.29, 1.82) is 0 Å². The highest BCUT2D eigenvalue weighted by Crippen LogP contribution is 2.46. The molecule has 6 rings (SSSR count). The van der Waals surface area contributed by atoms with Crippen molar-refractivity contribution in [2.75, 3.05) is 23.8 Å². The summed E-state index contributed by atoms with van der Waals surface area (Å²) in [6.07, 6.45) is 6.91. The summed E-state index contributed by atoms with van der Waals surface area (Å²) in [5.41, 5.74) is 3.84. The van der Waals surface area contributed by atoms with Crippen LogP contribution in [0.2, 0.25) is 0 Å². The molecule has 0 saturated heterocycles. The molecule has 12 heteroatoms. The third-order valence-corrected chi connectivity index (χ3v) is 12.3. The van der Waals surface area contributed by atoms with E-state index in [-0.39, 0.29) is 24.0 Å². The molecular formula is C40H43N3O7S2. The Morgan fingerprint density at radius 1 is 0.885 bits per heavy atom. The van der Waals surface area contributed by atoms with E-state index in [4.69, 9.17) is 9.84 Å². The lowest BCUT2D eigenvalue weighted by molar-refractivity contribution is -0.149. The standard InChI is InChI=1S/C40H43N3O7S2/c1-3-24-43(40(22-23-40)39(48)50-4-2)52(49)31-9-7-8-29(25-31)35(44)42-37-34(32-10-5-6-11-33(32)51-37)36(45)41-30-20-16-27(17-21-30)13-12-26-14-18-28(19-15-26)38(46)47/h7-9,14-21,25H,3-6,10-13,22-24H2,1-2H3,(H,41,45)(H,42,44)(H,46,47). The van der Waals surface area contributed by atoms with Crippen molar-refractivity contribution in [3.8, 4) is 0 Å². The summed E-state index contributed by atoms with van der Waals surface area (Å²) < 4.78 is 20.9. The zero-order valence-electron chi connectivity index (χ0n) is 29.4. The van der Waals surface area contributed by atoms with E-state index in [1.54, 1.807) is 47.6 Å². The average Bonchev–Trinajstić information content (AvgIpc) is 3.88. The number of aromatic carboxylic acids is 1. The van der Waals surface area contributed by atoms with Crippen molar-refractivity contribution in [2.24, 2.45) is 0 Å². The zero-order chi connectivity index (χ0) is 36.8. The summed E-state index contributed by atoms with van der Waals surface area (Å²) in [4.78, 5) is 53.1. The predicted octanol–water partition coefficient (Wildman–Crippen LogP) is 7.45. The van der Waals surface area contributed by atoms with Crippen molar-refractivity contribution < 1.29 is 33.6 Å². The minimum absolute atomic E-state index is 0.247. The van der Waals surface area contributed by atoms with Crippen LogP contribution in [0.25, 0.3) is 0 Å². The van der Waals surface area contributed by atoms with Crippen molar-refractivity contribution in [3.63, 3.8) is 0 Å². The Bertz CT molecular complexity index is 1940. The fourth-order valence-electron chi connectivity index (χ4n) is 6.59. The molecule has 2 amide bonds. The second-order valence-electron chi connectivity index (χ2n) is 13.2. The van der Waals surface area contributed by atoms with E-state index in [9.17, 15) is 23.7 Å². The Labute approximate surface area is 310 Å². The maximum absolute atomic E-state index is 13.9. The molecule has 1 aromatic heterocycles. The van der Waals surface area contributed by atoms with Gasteiger partial charge in [0, 0.05) is 28.7 Å². The topological polar surface area (TPSA) is 148 Å². The molecule has 1 fully saturated rings. The van der Waals surface area contributed by atoms with Crippen LogP contribution in [0.1, 0.15) is 98.6 Å². The highest BCUT2D eigenvalue weighted by atomic mass is 32.2. The molecule has 0 aliphatic heterocycles. The van der Waals surface area contributed by atoms with E-state index in [0.717, 1.165) is 60.1 Å². The second-order valence-corrected chi connectivity index (χ2v) is 15.7. The van der Waals surface area contributed by atoms with Gasteiger partial charge < -0.3 is 25.0 Å². The van der Waals surface area contributed by atoms with Gasteiger partial charge in [-0.15, -0.1) is 15.6 Å². The van der Waals surface area contributed by atoms with Crippen LogP contribution in [0, 0.1) is 0 Å². The Hall–Kier alpha value is -4.49. The Morgan fingerprint density at radius 2 is 1.56 bits per heavy atom. The SMILES string of the molecule is CCCN([S+]([O-])c1cccc(C(=O)Nc2sc3c(c2C(=O)Nc2ccc(CCc4ccc(C(=O)O)cc4)cc2)CCCC3)c1)C1(C(=O)OCC)CC1. The molecule has 1 unspecified atom stereocenters. The quantitative estimate of drug-likeness (QED) is 0.0841. The van der Waals surface area contributed by atoms with Gasteiger partial charge in [-0.25, -0.2) is 9.59 Å². The smallest absolute Gasteiger partial charge is 0.335 e. The lowest BCUT2D eigenvalue weighted by atomic mass is 9.95. The van der Waals surface area contributed by atoms with Crippen LogP contribution in [-0.2, 0) is 46.6 Å². The number of carbonyl (C=O) groups excluding carboxylic acids is 3. The van der Waals surface area contributed by atoms with Crippen LogP contribution in [0.15, 0.2) is 77.7 Å². The number of ether oxygens (including phenoxy) is 1. The van der Waals surface area contributed by atoms with Gasteiger partial charge in [0.15, 0.2) is 10.4 Å². The number of aryl methyl sites for hydroxylation is 3. The van der Waals surface area contributed by atoms with Crippen LogP contribution < -0.4 is 10.6 Å². The van der Waals surface area contributed by atoms with Crippen molar-refractivity contribution in [1.82, 2.24) is 4.31 Å². The van der Waals surface area contributed by atoms with Crippen LogP contribution in [0.4, 0.5) is 10.7 Å². The third-order valence-electron chi connectivity index (χ3n) is 9.52. The minimum Gasteiger partial charge on any atom is -0.593 e. The summed E-state index contributed by atoms with van der Waals surface area (Å²) in [7, 11) is 0. The first-order valence-electron chi connectivity index (χ1n) is 17.8. The lowest BCUT2D eigenvalue weighted by Crippen LogP contribution is -2.48. The van der Waals surface area contributed by atoms with Gasteiger partial charge in [0.2, 0.25) is 0 Å². The molecule has 0 radical (unpaired) electrons. The van der Waals surface area contributed by atoms with Crippen molar-refractivity contribution in [2.45, 2.75) is 82.1 Å². The first-order chi connectivity index (χ1) is 25.1. The largest absolute Gasteiger partial charge is 0.593 e. The Morgan fingerprint density at radius 3 is 2.19 bits per heavy atom. The van der Waals surface area contributed by atoms with Crippen molar-refractivity contribution >= 4 is 57.1 Å². The number of carboxylic acid groups (broad SMARTS) is 1. The number of carbonyl (C=O) groups is 4. The van der Waals surface area contributed by atoms with Gasteiger partial charge in [0.05, 0.1) is 29.1 Å². The monoisotopic (exact) mass is 741 g/mol. The number of amides is 2. The van der Waals surface area contributed by atoms with Crippen LogP contribution >= 0.6 is 11.3 Å². The minimum atomic E-state index is -1.70. The van der Waals surface area contributed by atoms with Crippen LogP contribution in [-0.4, -0.2) is 56.4 Å². The predicted molar refractivity (Wildman–Crippen MR) is 203 cm³/mol. The third kappa shape index (κ3) is 8.25. The molecule has 0 spiro atoms. The summed E-state index contributed by atoms with van der Waals surface area (Å²) in [5, 5.41) is 15.6. The molecule has 10 nitrogen and oxygen atoms in total. The number of benzene rings is 3. The van der Waals surface area contributed by atoms with Crippen molar-refractivity contribution in [3.05, 3.63) is 111 Å². The van der Waals surface area contributed by atoms with E-state index in [0.29, 0.717) is 52.5 Å². The van der Waals surface area contributed by atoms with Crippen LogP contribution in [0.5, 0.6) is 0 Å². The zero-order valence-corrected chi connectivity index (χ0v) is 31.0. The average molecular weight is 742 g/mol. The number of hydrogen-bond acceptors (Lipinski definition) is 8. The highest BCUT2D eigenvalue weighted by molar-refractivity contribution is 7.89. The molecule has 52 heavy (non-hydrogen) atoms. The molecule has 3 aromatic carbocycles. The molecule has 1 saturated carbocycles. The van der Waals surface area contributed by atoms with E-state index < -0.39 is 28.8 Å². The maximum Gasteiger partial charge on any atom is 0.335 e. The molecule has 2 aliphatic rings. The maximum atomic E-state index is 13.9. The highest BCUT2D eigenvalue weighted by Gasteiger charge is 2.61. The van der Waals surface area contributed by atoms with Gasteiger partial charge in [-0.1, -0.05) is 37.3 Å². The van der Waals surface area contributed by atoms with Gasteiger partial charge in [0.1, 0.15) is 5.00 Å². The Kier molecular flexibility index (Phi) is 11.8. The first kappa shape index (κ1) is 37.3. The summed E-state index contributed by atoms with van der Waals surface area (Å²) in [6, 6.07) is 21.1. The molecular weight excluding hydrogens is 699 g/mol. The van der Waals surface area contributed by atoms with E-state index >= 15 is 0 Å². The molecule has 2 aliphatic carbocycles. The number of nitrogens with zero attached hydrogens (tertiary/aromatic N) is 1. The van der Waals surface area contributed by atoms with E-state index in [1.807, 2.05) is 43.3 Å². The first-order valence-corrected chi connectivity index (χ1v) is 19.7. The number of nitrogens with one attached hydrogen (secondary N) is 2.